The van der Waals surface area contributed by atoms with Gasteiger partial charge in [0.25, 0.3) is 0 Å². The predicted octanol–water partition coefficient (Wildman–Crippen LogP) is 2.14. The first-order valence-electron chi connectivity index (χ1n) is 10.6. The third-order valence-electron chi connectivity index (χ3n) is 5.37. The number of amides is 2. The topological polar surface area (TPSA) is 122 Å². The summed E-state index contributed by atoms with van der Waals surface area (Å²) in [6, 6.07) is 7.67. The van der Waals surface area contributed by atoms with Crippen LogP contribution in [0.5, 0.6) is 0 Å². The van der Waals surface area contributed by atoms with Crippen LogP contribution in [0.25, 0.3) is 0 Å². The summed E-state index contributed by atoms with van der Waals surface area (Å²) in [4.78, 5) is 28.2. The Morgan fingerprint density at radius 3 is 2.48 bits per heavy atom. The lowest BCUT2D eigenvalue weighted by atomic mass is 10.0. The van der Waals surface area contributed by atoms with Crippen LogP contribution < -0.4 is 15.4 Å². The van der Waals surface area contributed by atoms with Gasteiger partial charge in [-0.3, -0.25) is 4.79 Å². The molecule has 0 aromatic heterocycles. The highest BCUT2D eigenvalue weighted by Gasteiger charge is 2.34. The number of carbonyl (C=O) groups is 2. The SMILES string of the molecule is CC(C)(C)OC(=O)N1CCC(Nc2ccccc2N2CC(CS(N)(=O)=O)CC2=O)CC1. The first-order valence-corrected chi connectivity index (χ1v) is 12.3. The monoisotopic (exact) mass is 452 g/mol. The number of hydrogen-bond donors (Lipinski definition) is 2. The first-order chi connectivity index (χ1) is 14.4. The highest BCUT2D eigenvalue weighted by Crippen LogP contribution is 2.33. The molecule has 2 aliphatic rings. The van der Waals surface area contributed by atoms with Gasteiger partial charge in [0.1, 0.15) is 5.60 Å². The summed E-state index contributed by atoms with van der Waals surface area (Å²) in [7, 11) is -3.63. The van der Waals surface area contributed by atoms with Crippen LogP contribution in [0, 0.1) is 5.92 Å². The van der Waals surface area contributed by atoms with Crippen molar-refractivity contribution in [1.29, 1.82) is 0 Å². The minimum Gasteiger partial charge on any atom is -0.444 e. The molecule has 2 amide bonds. The van der Waals surface area contributed by atoms with Crippen molar-refractivity contribution in [2.75, 3.05) is 35.6 Å². The lowest BCUT2D eigenvalue weighted by Crippen LogP contribution is -2.44. The maximum Gasteiger partial charge on any atom is 0.410 e. The fourth-order valence-corrected chi connectivity index (χ4v) is 4.92. The molecule has 2 saturated heterocycles. The number of rotatable bonds is 5. The van der Waals surface area contributed by atoms with Crippen molar-refractivity contribution in [1.82, 2.24) is 4.90 Å². The molecule has 2 aliphatic heterocycles. The molecule has 10 heteroatoms. The summed E-state index contributed by atoms with van der Waals surface area (Å²) < 4.78 is 28.3. The Balaban J connectivity index is 1.62. The van der Waals surface area contributed by atoms with Gasteiger partial charge in [0, 0.05) is 38.0 Å². The van der Waals surface area contributed by atoms with Gasteiger partial charge < -0.3 is 19.9 Å². The number of anilines is 2. The first kappa shape index (κ1) is 23.3. The van der Waals surface area contributed by atoms with E-state index in [9.17, 15) is 18.0 Å². The molecule has 0 spiro atoms. The van der Waals surface area contributed by atoms with E-state index in [1.165, 1.54) is 0 Å². The number of nitrogens with zero attached hydrogens (tertiary/aromatic N) is 2. The van der Waals surface area contributed by atoms with Gasteiger partial charge in [-0.05, 0) is 45.7 Å². The van der Waals surface area contributed by atoms with E-state index in [0.717, 1.165) is 24.2 Å². The predicted molar refractivity (Wildman–Crippen MR) is 119 cm³/mol. The van der Waals surface area contributed by atoms with Crippen molar-refractivity contribution in [2.24, 2.45) is 11.1 Å². The summed E-state index contributed by atoms with van der Waals surface area (Å²) in [5.41, 5.74) is 1.04. The molecule has 1 atom stereocenters. The third kappa shape index (κ3) is 6.57. The van der Waals surface area contributed by atoms with Crippen molar-refractivity contribution in [3.63, 3.8) is 0 Å². The maximum absolute atomic E-state index is 12.6. The van der Waals surface area contributed by atoms with Crippen molar-refractivity contribution >= 4 is 33.4 Å². The molecule has 9 nitrogen and oxygen atoms in total. The van der Waals surface area contributed by atoms with E-state index >= 15 is 0 Å². The van der Waals surface area contributed by atoms with Crippen LogP contribution in [-0.2, 0) is 19.6 Å². The lowest BCUT2D eigenvalue weighted by Gasteiger charge is -2.34. The fourth-order valence-electron chi connectivity index (χ4n) is 4.04. The average molecular weight is 453 g/mol. The quantitative estimate of drug-likeness (QED) is 0.706. The van der Waals surface area contributed by atoms with E-state index < -0.39 is 15.6 Å². The van der Waals surface area contributed by atoms with Crippen molar-refractivity contribution in [2.45, 2.75) is 51.7 Å². The molecule has 1 unspecified atom stereocenters. The Bertz CT molecular complexity index is 920. The van der Waals surface area contributed by atoms with Gasteiger partial charge in [0.15, 0.2) is 0 Å². The number of nitrogens with two attached hydrogens (primary N) is 1. The van der Waals surface area contributed by atoms with Crippen LogP contribution in [0.3, 0.4) is 0 Å². The molecule has 2 fully saturated rings. The van der Waals surface area contributed by atoms with Gasteiger partial charge in [-0.25, -0.2) is 18.4 Å². The Hall–Kier alpha value is -2.33. The van der Waals surface area contributed by atoms with Crippen molar-refractivity contribution in [3.8, 4) is 0 Å². The molecule has 0 radical (unpaired) electrons. The molecule has 0 saturated carbocycles. The molecule has 3 rings (SSSR count). The summed E-state index contributed by atoms with van der Waals surface area (Å²) in [5, 5.41) is 8.66. The zero-order valence-corrected chi connectivity index (χ0v) is 19.2. The number of likely N-dealkylation sites (tertiary alicyclic amines) is 1. The van der Waals surface area contributed by atoms with E-state index in [0.29, 0.717) is 19.6 Å². The molecule has 2 heterocycles. The zero-order chi connectivity index (χ0) is 22.8. The highest BCUT2D eigenvalue weighted by atomic mass is 32.2. The summed E-state index contributed by atoms with van der Waals surface area (Å²) in [6.45, 7) is 7.06. The van der Waals surface area contributed by atoms with E-state index in [2.05, 4.69) is 5.32 Å². The Labute approximate surface area is 184 Å². The van der Waals surface area contributed by atoms with Gasteiger partial charge in [0.05, 0.1) is 17.1 Å². The molecule has 0 bridgehead atoms. The third-order valence-corrected chi connectivity index (χ3v) is 6.31. The van der Waals surface area contributed by atoms with Crippen LogP contribution in [-0.4, -0.2) is 62.3 Å². The van der Waals surface area contributed by atoms with Gasteiger partial charge in [-0.1, -0.05) is 12.1 Å². The second-order valence-corrected chi connectivity index (χ2v) is 11.0. The number of primary sulfonamides is 1. The molecule has 3 N–H and O–H groups in total. The molecule has 31 heavy (non-hydrogen) atoms. The maximum atomic E-state index is 12.6. The average Bonchev–Trinajstić information content (AvgIpc) is 2.99. The number of sulfonamides is 1. The summed E-state index contributed by atoms with van der Waals surface area (Å²) in [6.07, 6.45) is 1.39. The number of hydrogen-bond acceptors (Lipinski definition) is 6. The molecule has 172 valence electrons. The number of piperidine rings is 1. The second-order valence-electron chi connectivity index (χ2n) is 9.31. The van der Waals surface area contributed by atoms with Gasteiger partial charge in [-0.15, -0.1) is 0 Å². The standard InChI is InChI=1S/C21H32N4O5S/c1-21(2,3)30-20(27)24-10-8-16(9-11-24)23-17-6-4-5-7-18(17)25-13-15(12-19(25)26)14-31(22,28)29/h4-7,15-16,23H,8-14H2,1-3H3,(H2,22,28,29). The van der Waals surface area contributed by atoms with Crippen LogP contribution in [0.1, 0.15) is 40.0 Å². The van der Waals surface area contributed by atoms with Crippen molar-refractivity contribution < 1.29 is 22.7 Å². The summed E-state index contributed by atoms with van der Waals surface area (Å²) >= 11 is 0. The minimum absolute atomic E-state index is 0.109. The van der Waals surface area contributed by atoms with E-state index in [-0.39, 0.29) is 36.1 Å². The highest BCUT2D eigenvalue weighted by molar-refractivity contribution is 7.89. The second kappa shape index (κ2) is 9.04. The number of nitrogens with one attached hydrogen (secondary N) is 1. The van der Waals surface area contributed by atoms with Gasteiger partial charge in [0.2, 0.25) is 15.9 Å². The molecule has 1 aromatic carbocycles. The Morgan fingerprint density at radius 2 is 1.87 bits per heavy atom. The number of benzene rings is 1. The van der Waals surface area contributed by atoms with Gasteiger partial charge >= 0.3 is 6.09 Å². The molecule has 1 aromatic rings. The normalized spacial score (nSPS) is 20.8. The molecule has 0 aliphatic carbocycles. The van der Waals surface area contributed by atoms with Crippen molar-refractivity contribution in [3.05, 3.63) is 24.3 Å². The van der Waals surface area contributed by atoms with Gasteiger partial charge in [-0.2, -0.15) is 0 Å². The largest absolute Gasteiger partial charge is 0.444 e. The van der Waals surface area contributed by atoms with Crippen LogP contribution in [0.15, 0.2) is 24.3 Å². The lowest BCUT2D eigenvalue weighted by molar-refractivity contribution is -0.117. The number of para-hydroxylation sites is 2. The number of carbonyl (C=O) groups excluding carboxylic acids is 2. The number of ether oxygens (including phenoxy) is 1. The van der Waals surface area contributed by atoms with E-state index in [1.54, 1.807) is 9.80 Å². The van der Waals surface area contributed by atoms with Crippen LogP contribution >= 0.6 is 0 Å². The minimum atomic E-state index is -3.63. The summed E-state index contributed by atoms with van der Waals surface area (Å²) in [5.74, 6) is -0.621. The zero-order valence-electron chi connectivity index (χ0n) is 18.3. The Morgan fingerprint density at radius 1 is 1.23 bits per heavy atom. The molecular weight excluding hydrogens is 420 g/mol. The van der Waals surface area contributed by atoms with E-state index in [4.69, 9.17) is 9.88 Å². The smallest absolute Gasteiger partial charge is 0.410 e. The Kier molecular flexibility index (Phi) is 6.80. The van der Waals surface area contributed by atoms with E-state index in [1.807, 2.05) is 45.0 Å². The fraction of sp³-hybridized carbons (Fsp3) is 0.619. The van der Waals surface area contributed by atoms with Crippen LogP contribution in [0.2, 0.25) is 0 Å². The molecular formula is C21H32N4O5S. The van der Waals surface area contributed by atoms with Crippen LogP contribution in [0.4, 0.5) is 16.2 Å².